The SMILES string of the molecule is COc1cc(-c2cc(O)c(-c3ccc(N4CCC(NC5CC5)C4)nn3)cc2F)cnn1. The van der Waals surface area contributed by atoms with Gasteiger partial charge in [0.2, 0.25) is 5.88 Å². The fraction of sp³-hybridized carbons (Fsp3) is 0.364. The van der Waals surface area contributed by atoms with Crippen LogP contribution < -0.4 is 15.0 Å². The number of ether oxygens (including phenoxy) is 1. The molecule has 8 nitrogen and oxygen atoms in total. The van der Waals surface area contributed by atoms with Gasteiger partial charge in [-0.25, -0.2) is 4.39 Å². The zero-order valence-electron chi connectivity index (χ0n) is 17.1. The van der Waals surface area contributed by atoms with Crippen molar-refractivity contribution in [3.63, 3.8) is 0 Å². The summed E-state index contributed by atoms with van der Waals surface area (Å²) < 4.78 is 19.9. The van der Waals surface area contributed by atoms with Gasteiger partial charge in [-0.1, -0.05) is 0 Å². The van der Waals surface area contributed by atoms with E-state index in [0.717, 1.165) is 25.3 Å². The monoisotopic (exact) mass is 422 g/mol. The minimum atomic E-state index is -0.512. The number of phenolic OH excluding ortho intramolecular Hbond substituents is 1. The van der Waals surface area contributed by atoms with E-state index in [1.165, 1.54) is 38.3 Å². The lowest BCUT2D eigenvalue weighted by Crippen LogP contribution is -2.34. The first-order valence-corrected chi connectivity index (χ1v) is 10.4. The van der Waals surface area contributed by atoms with Gasteiger partial charge in [-0.2, -0.15) is 5.10 Å². The number of hydrogen-bond donors (Lipinski definition) is 2. The van der Waals surface area contributed by atoms with Crippen LogP contribution in [0.1, 0.15) is 19.3 Å². The molecule has 1 atom stereocenters. The first kappa shape index (κ1) is 19.6. The summed E-state index contributed by atoms with van der Waals surface area (Å²) in [5.41, 5.74) is 1.34. The molecule has 31 heavy (non-hydrogen) atoms. The topological polar surface area (TPSA) is 96.3 Å². The van der Waals surface area contributed by atoms with E-state index in [2.05, 4.69) is 30.6 Å². The summed E-state index contributed by atoms with van der Waals surface area (Å²) >= 11 is 0. The average molecular weight is 422 g/mol. The van der Waals surface area contributed by atoms with Crippen molar-refractivity contribution in [2.45, 2.75) is 31.3 Å². The number of hydrogen-bond acceptors (Lipinski definition) is 8. The molecule has 2 fully saturated rings. The highest BCUT2D eigenvalue weighted by atomic mass is 19.1. The highest BCUT2D eigenvalue weighted by Crippen LogP contribution is 2.35. The van der Waals surface area contributed by atoms with Crippen LogP contribution >= 0.6 is 0 Å². The van der Waals surface area contributed by atoms with Crippen LogP contribution in [0.3, 0.4) is 0 Å². The Hall–Kier alpha value is -3.33. The van der Waals surface area contributed by atoms with Crippen LogP contribution in [-0.4, -0.2) is 57.8 Å². The summed E-state index contributed by atoms with van der Waals surface area (Å²) in [6.45, 7) is 1.83. The molecule has 5 rings (SSSR count). The Morgan fingerprint density at radius 1 is 1.06 bits per heavy atom. The molecule has 2 aliphatic rings. The van der Waals surface area contributed by atoms with Crippen molar-refractivity contribution < 1.29 is 14.2 Å². The number of rotatable bonds is 6. The van der Waals surface area contributed by atoms with E-state index in [0.29, 0.717) is 23.3 Å². The predicted octanol–water partition coefficient (Wildman–Crippen LogP) is 2.78. The van der Waals surface area contributed by atoms with Gasteiger partial charge in [-0.15, -0.1) is 15.3 Å². The van der Waals surface area contributed by atoms with Crippen molar-refractivity contribution in [2.75, 3.05) is 25.1 Å². The van der Waals surface area contributed by atoms with Crippen molar-refractivity contribution in [2.24, 2.45) is 0 Å². The molecule has 160 valence electrons. The van der Waals surface area contributed by atoms with Crippen LogP contribution in [-0.2, 0) is 0 Å². The maximum atomic E-state index is 14.9. The zero-order chi connectivity index (χ0) is 21.4. The van der Waals surface area contributed by atoms with Gasteiger partial charge in [-0.3, -0.25) is 0 Å². The van der Waals surface area contributed by atoms with Gasteiger partial charge >= 0.3 is 0 Å². The summed E-state index contributed by atoms with van der Waals surface area (Å²) in [5.74, 6) is 0.445. The van der Waals surface area contributed by atoms with Crippen LogP contribution in [0.5, 0.6) is 11.6 Å². The van der Waals surface area contributed by atoms with Crippen molar-refractivity contribution in [1.29, 1.82) is 0 Å². The van der Waals surface area contributed by atoms with Gasteiger partial charge in [0.05, 0.1) is 19.0 Å². The molecule has 9 heteroatoms. The third-order valence-corrected chi connectivity index (χ3v) is 5.73. The van der Waals surface area contributed by atoms with Crippen molar-refractivity contribution in [3.05, 3.63) is 42.3 Å². The molecule has 1 aromatic carbocycles. The molecule has 1 aliphatic carbocycles. The molecule has 1 aliphatic heterocycles. The minimum absolute atomic E-state index is 0.0934. The van der Waals surface area contributed by atoms with E-state index in [9.17, 15) is 9.50 Å². The molecular weight excluding hydrogens is 399 g/mol. The van der Waals surface area contributed by atoms with Gasteiger partial charge in [0.15, 0.2) is 5.82 Å². The molecule has 0 radical (unpaired) electrons. The van der Waals surface area contributed by atoms with Crippen LogP contribution in [0.4, 0.5) is 10.2 Å². The number of anilines is 1. The number of nitrogens with zero attached hydrogens (tertiary/aromatic N) is 5. The lowest BCUT2D eigenvalue weighted by atomic mass is 10.0. The summed E-state index contributed by atoms with van der Waals surface area (Å²) in [7, 11) is 1.46. The number of methoxy groups -OCH3 is 1. The summed E-state index contributed by atoms with van der Waals surface area (Å²) in [6.07, 6.45) is 5.04. The molecule has 0 spiro atoms. The molecule has 1 saturated carbocycles. The maximum Gasteiger partial charge on any atom is 0.233 e. The summed E-state index contributed by atoms with van der Waals surface area (Å²) in [4.78, 5) is 2.20. The maximum absolute atomic E-state index is 14.9. The van der Waals surface area contributed by atoms with Crippen LogP contribution in [0, 0.1) is 5.82 Å². The lowest BCUT2D eigenvalue weighted by Gasteiger charge is -2.17. The molecule has 3 heterocycles. The Kier molecular flexibility index (Phi) is 5.11. The third-order valence-electron chi connectivity index (χ3n) is 5.73. The van der Waals surface area contributed by atoms with Gasteiger partial charge in [0.1, 0.15) is 11.6 Å². The Labute approximate surface area is 179 Å². The highest BCUT2D eigenvalue weighted by Gasteiger charge is 2.29. The normalized spacial score (nSPS) is 18.4. The van der Waals surface area contributed by atoms with E-state index < -0.39 is 5.82 Å². The smallest absolute Gasteiger partial charge is 0.233 e. The lowest BCUT2D eigenvalue weighted by molar-refractivity contribution is 0.392. The first-order chi connectivity index (χ1) is 15.1. The van der Waals surface area contributed by atoms with E-state index in [-0.39, 0.29) is 22.8 Å². The second-order valence-corrected chi connectivity index (χ2v) is 7.99. The first-order valence-electron chi connectivity index (χ1n) is 10.4. The molecule has 2 N–H and O–H groups in total. The molecular formula is C22H23FN6O2. The number of phenols is 1. The zero-order valence-corrected chi connectivity index (χ0v) is 17.1. The fourth-order valence-electron chi connectivity index (χ4n) is 3.91. The Morgan fingerprint density at radius 2 is 1.94 bits per heavy atom. The molecule has 3 aromatic rings. The molecule has 1 saturated heterocycles. The second kappa shape index (κ2) is 8.07. The van der Waals surface area contributed by atoms with Gasteiger partial charge in [0.25, 0.3) is 0 Å². The van der Waals surface area contributed by atoms with Crippen molar-refractivity contribution in [1.82, 2.24) is 25.7 Å². The van der Waals surface area contributed by atoms with Crippen molar-refractivity contribution in [3.8, 4) is 34.0 Å². The van der Waals surface area contributed by atoms with E-state index in [1.54, 1.807) is 12.1 Å². The fourth-order valence-corrected chi connectivity index (χ4v) is 3.91. The number of nitrogens with one attached hydrogen (secondary N) is 1. The molecule has 2 aromatic heterocycles. The second-order valence-electron chi connectivity index (χ2n) is 7.99. The number of benzene rings is 1. The van der Waals surface area contributed by atoms with Crippen LogP contribution in [0.15, 0.2) is 36.5 Å². The van der Waals surface area contributed by atoms with E-state index in [4.69, 9.17) is 4.74 Å². The van der Waals surface area contributed by atoms with Crippen LogP contribution in [0.25, 0.3) is 22.4 Å². The van der Waals surface area contributed by atoms with Gasteiger partial charge in [-0.05, 0) is 43.5 Å². The standard InChI is InChI=1S/C22H23FN6O2/c1-31-22-8-13(11-24-28-22)16-10-20(30)17(9-18(16)23)19-4-5-21(27-26-19)29-7-6-15(12-29)25-14-2-3-14/h4-5,8-11,14-15,25,30H,2-3,6-7,12H2,1H3. The molecule has 1 unspecified atom stereocenters. The Morgan fingerprint density at radius 3 is 2.68 bits per heavy atom. The molecule has 0 amide bonds. The average Bonchev–Trinajstić information content (AvgIpc) is 3.49. The Balaban J connectivity index is 1.35. The van der Waals surface area contributed by atoms with E-state index >= 15 is 0 Å². The number of halogens is 1. The highest BCUT2D eigenvalue weighted by molar-refractivity contribution is 5.75. The largest absolute Gasteiger partial charge is 0.507 e. The predicted molar refractivity (Wildman–Crippen MR) is 113 cm³/mol. The summed E-state index contributed by atoms with van der Waals surface area (Å²) in [5, 5.41) is 30.3. The molecule has 0 bridgehead atoms. The van der Waals surface area contributed by atoms with Crippen LogP contribution in [0.2, 0.25) is 0 Å². The van der Waals surface area contributed by atoms with E-state index in [1.807, 2.05) is 6.07 Å². The summed E-state index contributed by atoms with van der Waals surface area (Å²) in [6, 6.07) is 8.96. The quantitative estimate of drug-likeness (QED) is 0.626. The van der Waals surface area contributed by atoms with Gasteiger partial charge < -0.3 is 20.1 Å². The number of aromatic nitrogens is 4. The Bertz CT molecular complexity index is 1090. The third kappa shape index (κ3) is 4.13. The van der Waals surface area contributed by atoms with Crippen molar-refractivity contribution >= 4 is 5.82 Å². The number of aromatic hydroxyl groups is 1. The van der Waals surface area contributed by atoms with Gasteiger partial charge in [0, 0.05) is 47.9 Å². The minimum Gasteiger partial charge on any atom is -0.507 e.